The average Bonchev–Trinajstić information content (AvgIpc) is 2.84. The summed E-state index contributed by atoms with van der Waals surface area (Å²) in [5.74, 6) is -0.307. The zero-order chi connectivity index (χ0) is 15.2. The van der Waals surface area contributed by atoms with E-state index >= 15 is 0 Å². The minimum absolute atomic E-state index is 0.0417. The molecule has 2 rings (SSSR count). The molecular formula is C16H23N3O2. The Hall–Kier alpha value is -1.88. The van der Waals surface area contributed by atoms with E-state index in [1.165, 1.54) is 4.90 Å². The highest BCUT2D eigenvalue weighted by atomic mass is 16.2. The minimum atomic E-state index is -0.491. The number of benzene rings is 1. The van der Waals surface area contributed by atoms with Crippen molar-refractivity contribution in [1.29, 1.82) is 0 Å². The fourth-order valence-corrected chi connectivity index (χ4v) is 2.90. The van der Waals surface area contributed by atoms with Gasteiger partial charge in [-0.05, 0) is 24.3 Å². The molecule has 5 heteroatoms. The third kappa shape index (κ3) is 4.56. The SMILES string of the molecule is NC(=O)CN(Cc1ccccc1)C(=O)C[C@@H]1CCC[C@H]1N. The molecule has 4 N–H and O–H groups in total. The van der Waals surface area contributed by atoms with Crippen LogP contribution in [-0.4, -0.2) is 29.3 Å². The number of primary amides is 1. The lowest BCUT2D eigenvalue weighted by molar-refractivity contribution is -0.136. The molecule has 1 fully saturated rings. The van der Waals surface area contributed by atoms with E-state index in [-0.39, 0.29) is 24.4 Å². The molecule has 0 aliphatic heterocycles. The Kier molecular flexibility index (Phi) is 5.33. The first kappa shape index (κ1) is 15.5. The highest BCUT2D eigenvalue weighted by Crippen LogP contribution is 2.27. The number of rotatable bonds is 6. The molecule has 21 heavy (non-hydrogen) atoms. The van der Waals surface area contributed by atoms with E-state index in [1.54, 1.807) is 0 Å². The molecule has 2 atom stereocenters. The summed E-state index contributed by atoms with van der Waals surface area (Å²) in [4.78, 5) is 25.2. The predicted molar refractivity (Wildman–Crippen MR) is 81.0 cm³/mol. The van der Waals surface area contributed by atoms with Gasteiger partial charge in [0.2, 0.25) is 11.8 Å². The van der Waals surface area contributed by atoms with Gasteiger partial charge in [0.1, 0.15) is 0 Å². The predicted octanol–water partition coefficient (Wildman–Crippen LogP) is 1.02. The van der Waals surface area contributed by atoms with Crippen LogP contribution in [0.15, 0.2) is 30.3 Å². The van der Waals surface area contributed by atoms with E-state index in [9.17, 15) is 9.59 Å². The molecule has 1 aromatic rings. The maximum Gasteiger partial charge on any atom is 0.237 e. The summed E-state index contributed by atoms with van der Waals surface area (Å²) >= 11 is 0. The Balaban J connectivity index is 2.00. The van der Waals surface area contributed by atoms with Crippen molar-refractivity contribution in [3.8, 4) is 0 Å². The molecule has 0 radical (unpaired) electrons. The van der Waals surface area contributed by atoms with Gasteiger partial charge in [-0.2, -0.15) is 0 Å². The smallest absolute Gasteiger partial charge is 0.237 e. The first-order chi connectivity index (χ1) is 10.1. The van der Waals surface area contributed by atoms with Crippen LogP contribution in [0.1, 0.15) is 31.2 Å². The molecule has 114 valence electrons. The van der Waals surface area contributed by atoms with E-state index in [0.717, 1.165) is 24.8 Å². The maximum absolute atomic E-state index is 12.4. The zero-order valence-corrected chi connectivity index (χ0v) is 12.2. The van der Waals surface area contributed by atoms with Gasteiger partial charge in [0.05, 0.1) is 6.54 Å². The summed E-state index contributed by atoms with van der Waals surface area (Å²) < 4.78 is 0. The van der Waals surface area contributed by atoms with Crippen LogP contribution in [0.2, 0.25) is 0 Å². The van der Waals surface area contributed by atoms with Crippen molar-refractivity contribution < 1.29 is 9.59 Å². The Morgan fingerprint density at radius 1 is 1.19 bits per heavy atom. The maximum atomic E-state index is 12.4. The van der Waals surface area contributed by atoms with Crippen molar-refractivity contribution in [2.75, 3.05) is 6.54 Å². The molecule has 0 unspecified atom stereocenters. The first-order valence-corrected chi connectivity index (χ1v) is 7.42. The zero-order valence-electron chi connectivity index (χ0n) is 12.2. The van der Waals surface area contributed by atoms with E-state index in [2.05, 4.69) is 0 Å². The van der Waals surface area contributed by atoms with Crippen LogP contribution in [0.4, 0.5) is 0 Å². The van der Waals surface area contributed by atoms with Crippen molar-refractivity contribution >= 4 is 11.8 Å². The van der Waals surface area contributed by atoms with Gasteiger partial charge in [-0.3, -0.25) is 9.59 Å². The third-order valence-corrected chi connectivity index (χ3v) is 4.07. The molecule has 0 bridgehead atoms. The molecule has 0 heterocycles. The monoisotopic (exact) mass is 289 g/mol. The standard InChI is InChI=1S/C16H23N3O2/c17-14-8-4-7-13(14)9-16(21)19(11-15(18)20)10-12-5-2-1-3-6-12/h1-3,5-6,13-14H,4,7-11,17H2,(H2,18,20)/t13-,14+/m0/s1. The summed E-state index contributed by atoms with van der Waals surface area (Å²) in [5, 5.41) is 0. The van der Waals surface area contributed by atoms with Crippen LogP contribution in [0.5, 0.6) is 0 Å². The fourth-order valence-electron chi connectivity index (χ4n) is 2.90. The van der Waals surface area contributed by atoms with Gasteiger partial charge in [-0.25, -0.2) is 0 Å². The summed E-state index contributed by atoms with van der Waals surface area (Å²) in [5.41, 5.74) is 12.3. The molecule has 0 saturated heterocycles. The molecule has 0 aromatic heterocycles. The van der Waals surface area contributed by atoms with E-state index in [0.29, 0.717) is 13.0 Å². The van der Waals surface area contributed by atoms with Gasteiger partial charge in [0.25, 0.3) is 0 Å². The van der Waals surface area contributed by atoms with Crippen LogP contribution in [-0.2, 0) is 16.1 Å². The number of hydrogen-bond acceptors (Lipinski definition) is 3. The van der Waals surface area contributed by atoms with Crippen LogP contribution >= 0.6 is 0 Å². The highest BCUT2D eigenvalue weighted by Gasteiger charge is 2.28. The number of hydrogen-bond donors (Lipinski definition) is 2. The molecule has 2 amide bonds. The van der Waals surface area contributed by atoms with Crippen molar-refractivity contribution in [3.05, 3.63) is 35.9 Å². The Bertz CT molecular complexity index is 490. The molecule has 0 spiro atoms. The number of nitrogens with two attached hydrogens (primary N) is 2. The van der Waals surface area contributed by atoms with Gasteiger partial charge in [-0.1, -0.05) is 36.8 Å². The average molecular weight is 289 g/mol. The first-order valence-electron chi connectivity index (χ1n) is 7.42. The summed E-state index contributed by atoms with van der Waals surface area (Å²) in [7, 11) is 0. The van der Waals surface area contributed by atoms with Crippen molar-refractivity contribution in [2.24, 2.45) is 17.4 Å². The Morgan fingerprint density at radius 3 is 2.48 bits per heavy atom. The quantitative estimate of drug-likeness (QED) is 0.819. The second-order valence-corrected chi connectivity index (χ2v) is 5.76. The topological polar surface area (TPSA) is 89.4 Å². The van der Waals surface area contributed by atoms with Crippen LogP contribution in [0, 0.1) is 5.92 Å². The van der Waals surface area contributed by atoms with Gasteiger partial charge in [0, 0.05) is 19.0 Å². The van der Waals surface area contributed by atoms with Crippen LogP contribution in [0.25, 0.3) is 0 Å². The molecule has 5 nitrogen and oxygen atoms in total. The number of carbonyl (C=O) groups is 2. The summed E-state index contributed by atoms with van der Waals surface area (Å²) in [6.45, 7) is 0.361. The molecule has 1 aromatic carbocycles. The summed E-state index contributed by atoms with van der Waals surface area (Å²) in [6, 6.07) is 9.71. The number of carbonyl (C=O) groups excluding carboxylic acids is 2. The van der Waals surface area contributed by atoms with Gasteiger partial charge >= 0.3 is 0 Å². The van der Waals surface area contributed by atoms with Crippen LogP contribution in [0.3, 0.4) is 0 Å². The molecule has 1 aliphatic rings. The molecule has 1 saturated carbocycles. The van der Waals surface area contributed by atoms with E-state index < -0.39 is 5.91 Å². The minimum Gasteiger partial charge on any atom is -0.368 e. The highest BCUT2D eigenvalue weighted by molar-refractivity contribution is 5.84. The molecule has 1 aliphatic carbocycles. The Labute approximate surface area is 125 Å². The van der Waals surface area contributed by atoms with Gasteiger partial charge in [-0.15, -0.1) is 0 Å². The van der Waals surface area contributed by atoms with Gasteiger partial charge in [0.15, 0.2) is 0 Å². The van der Waals surface area contributed by atoms with E-state index in [4.69, 9.17) is 11.5 Å². The molecular weight excluding hydrogens is 266 g/mol. The largest absolute Gasteiger partial charge is 0.368 e. The normalized spacial score (nSPS) is 21.2. The van der Waals surface area contributed by atoms with Crippen molar-refractivity contribution in [3.63, 3.8) is 0 Å². The summed E-state index contributed by atoms with van der Waals surface area (Å²) in [6.07, 6.45) is 3.45. The number of nitrogens with zero attached hydrogens (tertiary/aromatic N) is 1. The van der Waals surface area contributed by atoms with Gasteiger partial charge < -0.3 is 16.4 Å². The lowest BCUT2D eigenvalue weighted by Crippen LogP contribution is -2.40. The van der Waals surface area contributed by atoms with Crippen molar-refractivity contribution in [1.82, 2.24) is 4.90 Å². The second kappa shape index (κ2) is 7.22. The fraction of sp³-hybridized carbons (Fsp3) is 0.500. The second-order valence-electron chi connectivity index (χ2n) is 5.76. The van der Waals surface area contributed by atoms with Crippen molar-refractivity contribution in [2.45, 2.75) is 38.3 Å². The Morgan fingerprint density at radius 2 is 1.90 bits per heavy atom. The van der Waals surface area contributed by atoms with Crippen LogP contribution < -0.4 is 11.5 Å². The third-order valence-electron chi connectivity index (χ3n) is 4.07. The lowest BCUT2D eigenvalue weighted by Gasteiger charge is -2.24. The number of amides is 2. The van der Waals surface area contributed by atoms with E-state index in [1.807, 2.05) is 30.3 Å². The lowest BCUT2D eigenvalue weighted by atomic mass is 9.99.